The van der Waals surface area contributed by atoms with Crippen LogP contribution in [0, 0.1) is 0 Å². The molecule has 1 heterocycles. The Morgan fingerprint density at radius 3 is 2.82 bits per heavy atom. The Morgan fingerprint density at radius 2 is 2.36 bits per heavy atom. The normalized spacial score (nSPS) is 9.18. The molecule has 0 saturated heterocycles. The van der Waals surface area contributed by atoms with E-state index in [0.29, 0.717) is 5.82 Å². The highest BCUT2D eigenvalue weighted by Crippen LogP contribution is 2.24. The van der Waals surface area contributed by atoms with Crippen LogP contribution in [-0.4, -0.2) is 11.7 Å². The van der Waals surface area contributed by atoms with Gasteiger partial charge in [-0.1, -0.05) is 12.7 Å². The number of rotatable bonds is 2. The van der Waals surface area contributed by atoms with Crippen LogP contribution in [0.5, 0.6) is 0 Å². The molecule has 3 heteroatoms. The van der Waals surface area contributed by atoms with Gasteiger partial charge in [-0.2, -0.15) is 0 Å². The molecule has 0 aromatic carbocycles. The SMILES string of the molecule is C=Cc1c(Br)ccnc1N=C. The molecular weight excluding hydrogens is 204 g/mol. The summed E-state index contributed by atoms with van der Waals surface area (Å²) < 4.78 is 0.935. The van der Waals surface area contributed by atoms with E-state index < -0.39 is 0 Å². The van der Waals surface area contributed by atoms with Gasteiger partial charge in [-0.05, 0) is 28.7 Å². The van der Waals surface area contributed by atoms with E-state index in [1.807, 2.05) is 6.07 Å². The number of halogens is 1. The van der Waals surface area contributed by atoms with Crippen molar-refractivity contribution in [2.75, 3.05) is 0 Å². The van der Waals surface area contributed by atoms with Gasteiger partial charge in [-0.15, -0.1) is 0 Å². The van der Waals surface area contributed by atoms with E-state index in [4.69, 9.17) is 0 Å². The molecule has 0 aliphatic heterocycles. The van der Waals surface area contributed by atoms with Crippen molar-refractivity contribution in [1.82, 2.24) is 4.98 Å². The van der Waals surface area contributed by atoms with Crippen LogP contribution in [0.25, 0.3) is 6.08 Å². The Balaban J connectivity index is 3.35. The van der Waals surface area contributed by atoms with Gasteiger partial charge in [0.2, 0.25) is 0 Å². The molecule has 0 fully saturated rings. The summed E-state index contributed by atoms with van der Waals surface area (Å²) in [5.74, 6) is 0.606. The summed E-state index contributed by atoms with van der Waals surface area (Å²) in [7, 11) is 0. The third-order valence-corrected chi connectivity index (χ3v) is 1.96. The van der Waals surface area contributed by atoms with Crippen molar-refractivity contribution >= 4 is 34.5 Å². The zero-order valence-electron chi connectivity index (χ0n) is 5.92. The Morgan fingerprint density at radius 1 is 1.64 bits per heavy atom. The monoisotopic (exact) mass is 210 g/mol. The molecule has 0 amide bonds. The van der Waals surface area contributed by atoms with Crippen molar-refractivity contribution < 1.29 is 0 Å². The molecule has 0 unspecified atom stereocenters. The summed E-state index contributed by atoms with van der Waals surface area (Å²) in [6.07, 6.45) is 3.36. The first-order valence-electron chi connectivity index (χ1n) is 3.03. The predicted octanol–water partition coefficient (Wildman–Crippen LogP) is 2.82. The smallest absolute Gasteiger partial charge is 0.159 e. The van der Waals surface area contributed by atoms with E-state index in [-0.39, 0.29) is 0 Å². The molecule has 1 aromatic heterocycles. The van der Waals surface area contributed by atoms with E-state index in [2.05, 4.69) is 39.2 Å². The number of nitrogens with zero attached hydrogens (tertiary/aromatic N) is 2. The summed E-state index contributed by atoms with van der Waals surface area (Å²) in [4.78, 5) is 7.74. The number of hydrogen-bond acceptors (Lipinski definition) is 2. The standard InChI is InChI=1S/C8H7BrN2/c1-3-6-7(9)4-5-11-8(6)10-2/h3-5H,1-2H2. The molecule has 11 heavy (non-hydrogen) atoms. The molecular formula is C8H7BrN2. The fraction of sp³-hybridized carbons (Fsp3) is 0. The summed E-state index contributed by atoms with van der Waals surface area (Å²) in [6, 6.07) is 1.84. The Labute approximate surface area is 73.8 Å². The lowest BCUT2D eigenvalue weighted by Gasteiger charge is -1.99. The molecule has 1 aromatic rings. The second kappa shape index (κ2) is 3.44. The van der Waals surface area contributed by atoms with E-state index in [0.717, 1.165) is 10.0 Å². The van der Waals surface area contributed by atoms with Gasteiger partial charge in [0, 0.05) is 16.2 Å². The van der Waals surface area contributed by atoms with Gasteiger partial charge in [0.05, 0.1) is 0 Å². The highest BCUT2D eigenvalue weighted by molar-refractivity contribution is 9.10. The minimum absolute atomic E-state index is 0.606. The predicted molar refractivity (Wildman–Crippen MR) is 51.2 cm³/mol. The van der Waals surface area contributed by atoms with Gasteiger partial charge in [0.1, 0.15) is 0 Å². The van der Waals surface area contributed by atoms with Crippen molar-refractivity contribution in [2.24, 2.45) is 4.99 Å². The molecule has 0 spiro atoms. The van der Waals surface area contributed by atoms with E-state index in [1.54, 1.807) is 12.3 Å². The maximum absolute atomic E-state index is 4.00. The Kier molecular flexibility index (Phi) is 2.54. The van der Waals surface area contributed by atoms with Crippen LogP contribution in [0.15, 0.2) is 28.3 Å². The van der Waals surface area contributed by atoms with Crippen molar-refractivity contribution in [3.05, 3.63) is 28.9 Å². The van der Waals surface area contributed by atoms with Crippen LogP contribution in [0.3, 0.4) is 0 Å². The topological polar surface area (TPSA) is 25.2 Å². The zero-order valence-corrected chi connectivity index (χ0v) is 7.50. The van der Waals surface area contributed by atoms with Crippen LogP contribution >= 0.6 is 15.9 Å². The summed E-state index contributed by atoms with van der Waals surface area (Å²) >= 11 is 3.35. The van der Waals surface area contributed by atoms with Crippen LogP contribution < -0.4 is 0 Å². The summed E-state index contributed by atoms with van der Waals surface area (Å²) in [5.41, 5.74) is 0.877. The first-order chi connectivity index (χ1) is 5.29. The average Bonchev–Trinajstić information content (AvgIpc) is 2.04. The Bertz CT molecular complexity index is 294. The highest BCUT2D eigenvalue weighted by atomic mass is 79.9. The third-order valence-electron chi connectivity index (χ3n) is 1.27. The minimum Gasteiger partial charge on any atom is -0.245 e. The van der Waals surface area contributed by atoms with Gasteiger partial charge < -0.3 is 0 Å². The van der Waals surface area contributed by atoms with Crippen LogP contribution in [0.1, 0.15) is 5.56 Å². The molecule has 0 saturated carbocycles. The Hall–Kier alpha value is -0.960. The molecule has 0 atom stereocenters. The van der Waals surface area contributed by atoms with E-state index in [9.17, 15) is 0 Å². The molecule has 0 radical (unpaired) electrons. The summed E-state index contributed by atoms with van der Waals surface area (Å²) in [6.45, 7) is 7.04. The molecule has 0 aliphatic carbocycles. The molecule has 0 aliphatic rings. The van der Waals surface area contributed by atoms with Crippen LogP contribution in [0.2, 0.25) is 0 Å². The fourth-order valence-electron chi connectivity index (χ4n) is 0.754. The quantitative estimate of drug-likeness (QED) is 0.690. The zero-order chi connectivity index (χ0) is 8.27. The van der Waals surface area contributed by atoms with Crippen molar-refractivity contribution in [1.29, 1.82) is 0 Å². The average molecular weight is 211 g/mol. The van der Waals surface area contributed by atoms with Crippen LogP contribution in [-0.2, 0) is 0 Å². The second-order valence-corrected chi connectivity index (χ2v) is 2.75. The van der Waals surface area contributed by atoms with E-state index in [1.165, 1.54) is 0 Å². The number of pyridine rings is 1. The van der Waals surface area contributed by atoms with Gasteiger partial charge in [0.25, 0.3) is 0 Å². The lowest BCUT2D eigenvalue weighted by Crippen LogP contribution is -1.80. The first kappa shape index (κ1) is 8.14. The van der Waals surface area contributed by atoms with Crippen LogP contribution in [0.4, 0.5) is 5.82 Å². The first-order valence-corrected chi connectivity index (χ1v) is 3.82. The van der Waals surface area contributed by atoms with E-state index >= 15 is 0 Å². The van der Waals surface area contributed by atoms with Gasteiger partial charge in [0.15, 0.2) is 5.82 Å². The largest absolute Gasteiger partial charge is 0.245 e. The maximum atomic E-state index is 4.00. The van der Waals surface area contributed by atoms with Crippen molar-refractivity contribution in [2.45, 2.75) is 0 Å². The highest BCUT2D eigenvalue weighted by Gasteiger charge is 2.00. The van der Waals surface area contributed by atoms with Crippen molar-refractivity contribution in [3.63, 3.8) is 0 Å². The van der Waals surface area contributed by atoms with Gasteiger partial charge in [-0.3, -0.25) is 0 Å². The van der Waals surface area contributed by atoms with Crippen molar-refractivity contribution in [3.8, 4) is 0 Å². The van der Waals surface area contributed by atoms with Gasteiger partial charge >= 0.3 is 0 Å². The molecule has 0 N–H and O–H groups in total. The van der Waals surface area contributed by atoms with Gasteiger partial charge in [-0.25, -0.2) is 9.98 Å². The third kappa shape index (κ3) is 1.54. The lowest BCUT2D eigenvalue weighted by molar-refractivity contribution is 1.26. The molecule has 0 bridgehead atoms. The molecule has 1 rings (SSSR count). The number of aliphatic imine (C=N–C) groups is 1. The summed E-state index contributed by atoms with van der Waals surface area (Å²) in [5, 5.41) is 0. The number of hydrogen-bond donors (Lipinski definition) is 0. The fourth-order valence-corrected chi connectivity index (χ4v) is 1.21. The maximum Gasteiger partial charge on any atom is 0.159 e. The molecule has 56 valence electrons. The minimum atomic E-state index is 0.606. The lowest BCUT2D eigenvalue weighted by atomic mass is 10.2. The molecule has 2 nitrogen and oxygen atoms in total. The second-order valence-electron chi connectivity index (χ2n) is 1.89. The number of aromatic nitrogens is 1.